The van der Waals surface area contributed by atoms with E-state index in [4.69, 9.17) is 12.2 Å². The molecule has 2 atom stereocenters. The van der Waals surface area contributed by atoms with Crippen molar-refractivity contribution in [2.45, 2.75) is 32.9 Å². The third-order valence-electron chi connectivity index (χ3n) is 6.53. The van der Waals surface area contributed by atoms with Gasteiger partial charge in [-0.15, -0.1) is 0 Å². The van der Waals surface area contributed by atoms with Crippen LogP contribution in [-0.2, 0) is 0 Å². The zero-order chi connectivity index (χ0) is 23.1. The Morgan fingerprint density at radius 3 is 2.27 bits per heavy atom. The molecular weight excluding hydrogens is 431 g/mol. The fourth-order valence-corrected chi connectivity index (χ4v) is 5.30. The van der Waals surface area contributed by atoms with Crippen LogP contribution in [0.15, 0.2) is 79.0 Å². The number of nitrogens with one attached hydrogen (secondary N) is 1. The Morgan fingerprint density at radius 1 is 0.879 bits per heavy atom. The van der Waals surface area contributed by atoms with E-state index in [1.165, 1.54) is 6.07 Å². The SMILES string of the molecule is Cc1c([C@H]2[C@@H](c3ccccn3)NC(=S)N2c2ccccc2F)c(C)n(-c2ccccc2)c1C. The molecule has 0 radical (unpaired) electrons. The largest absolute Gasteiger partial charge is 0.351 e. The van der Waals surface area contributed by atoms with E-state index in [1.54, 1.807) is 18.3 Å². The first-order valence-corrected chi connectivity index (χ1v) is 11.4. The fourth-order valence-electron chi connectivity index (χ4n) is 4.96. The normalized spacial score (nSPS) is 17.9. The maximum absolute atomic E-state index is 15.0. The van der Waals surface area contributed by atoms with Crippen molar-refractivity contribution in [2.75, 3.05) is 4.90 Å². The first-order chi connectivity index (χ1) is 16.0. The van der Waals surface area contributed by atoms with Gasteiger partial charge in [0.05, 0.1) is 23.5 Å². The molecule has 166 valence electrons. The number of nitrogens with zero attached hydrogens (tertiary/aromatic N) is 3. The molecule has 6 heteroatoms. The zero-order valence-electron chi connectivity index (χ0n) is 18.8. The summed E-state index contributed by atoms with van der Waals surface area (Å²) in [6, 6.07) is 22.5. The van der Waals surface area contributed by atoms with Crippen LogP contribution in [0.25, 0.3) is 5.69 Å². The average molecular weight is 457 g/mol. The number of aromatic nitrogens is 2. The quantitative estimate of drug-likeness (QED) is 0.376. The summed E-state index contributed by atoms with van der Waals surface area (Å²) in [6.45, 7) is 6.38. The monoisotopic (exact) mass is 456 g/mol. The topological polar surface area (TPSA) is 33.1 Å². The van der Waals surface area contributed by atoms with Crippen molar-refractivity contribution in [2.24, 2.45) is 0 Å². The van der Waals surface area contributed by atoms with Crippen molar-refractivity contribution in [1.82, 2.24) is 14.9 Å². The summed E-state index contributed by atoms with van der Waals surface area (Å²) in [5.41, 5.74) is 6.98. The summed E-state index contributed by atoms with van der Waals surface area (Å²) in [4.78, 5) is 6.53. The standard InChI is InChI=1S/C27H25FN4S/c1-17-18(2)31(20-11-5-4-6-12-20)19(3)24(17)26-25(22-14-9-10-16-29-22)30-27(33)32(26)23-15-8-7-13-21(23)28/h4-16,25-26H,1-3H3,(H,30,33)/t25-,26+/m1/s1. The van der Waals surface area contributed by atoms with Crippen LogP contribution in [-0.4, -0.2) is 14.7 Å². The van der Waals surface area contributed by atoms with Gasteiger partial charge in [0, 0.05) is 28.8 Å². The van der Waals surface area contributed by atoms with Crippen molar-refractivity contribution in [1.29, 1.82) is 0 Å². The first-order valence-electron chi connectivity index (χ1n) is 11.0. The molecule has 3 heterocycles. The highest BCUT2D eigenvalue weighted by atomic mass is 32.1. The Bertz CT molecular complexity index is 1320. The summed E-state index contributed by atoms with van der Waals surface area (Å²) in [6.07, 6.45) is 1.78. The third-order valence-corrected chi connectivity index (χ3v) is 6.84. The summed E-state index contributed by atoms with van der Waals surface area (Å²) in [5, 5.41) is 3.93. The smallest absolute Gasteiger partial charge is 0.174 e. The van der Waals surface area contributed by atoms with Crippen LogP contribution in [0, 0.1) is 26.6 Å². The van der Waals surface area contributed by atoms with Crippen molar-refractivity contribution < 1.29 is 4.39 Å². The molecule has 0 spiro atoms. The summed E-state index contributed by atoms with van der Waals surface area (Å²) in [7, 11) is 0. The lowest BCUT2D eigenvalue weighted by Crippen LogP contribution is -2.30. The van der Waals surface area contributed by atoms with E-state index in [9.17, 15) is 0 Å². The summed E-state index contributed by atoms with van der Waals surface area (Å²) >= 11 is 5.77. The van der Waals surface area contributed by atoms with Gasteiger partial charge in [0.15, 0.2) is 5.11 Å². The van der Waals surface area contributed by atoms with E-state index in [-0.39, 0.29) is 17.9 Å². The molecule has 0 bridgehead atoms. The van der Waals surface area contributed by atoms with Gasteiger partial charge in [-0.2, -0.15) is 0 Å². The van der Waals surface area contributed by atoms with Crippen molar-refractivity contribution in [3.8, 4) is 5.69 Å². The van der Waals surface area contributed by atoms with Gasteiger partial charge >= 0.3 is 0 Å². The maximum Gasteiger partial charge on any atom is 0.174 e. The molecule has 0 amide bonds. The minimum absolute atomic E-state index is 0.221. The number of pyridine rings is 1. The molecule has 5 rings (SSSR count). The highest BCUT2D eigenvalue weighted by Crippen LogP contribution is 2.45. The van der Waals surface area contributed by atoms with Crippen LogP contribution in [0.3, 0.4) is 0 Å². The molecular formula is C27H25FN4S. The highest BCUT2D eigenvalue weighted by Gasteiger charge is 2.44. The lowest BCUT2D eigenvalue weighted by molar-refractivity contribution is 0.554. The van der Waals surface area contributed by atoms with Gasteiger partial charge in [0.25, 0.3) is 0 Å². The van der Waals surface area contributed by atoms with E-state index in [1.807, 2.05) is 47.4 Å². The highest BCUT2D eigenvalue weighted by molar-refractivity contribution is 7.80. The molecule has 4 aromatic rings. The molecule has 2 aromatic heterocycles. The molecule has 1 aliphatic rings. The molecule has 1 saturated heterocycles. The summed E-state index contributed by atoms with van der Waals surface area (Å²) in [5.74, 6) is -0.303. The van der Waals surface area contributed by atoms with Gasteiger partial charge in [0.1, 0.15) is 5.82 Å². The summed E-state index contributed by atoms with van der Waals surface area (Å²) < 4.78 is 17.3. The van der Waals surface area contributed by atoms with E-state index < -0.39 is 0 Å². The number of benzene rings is 2. The average Bonchev–Trinajstić information content (AvgIpc) is 3.27. The predicted molar refractivity (Wildman–Crippen MR) is 134 cm³/mol. The number of anilines is 1. The lowest BCUT2D eigenvalue weighted by atomic mass is 9.93. The molecule has 4 nitrogen and oxygen atoms in total. The van der Waals surface area contributed by atoms with E-state index >= 15 is 4.39 Å². The predicted octanol–water partition coefficient (Wildman–Crippen LogP) is 6.11. The Labute approximate surface area is 198 Å². The molecule has 1 N–H and O–H groups in total. The van der Waals surface area contributed by atoms with Gasteiger partial charge in [-0.1, -0.05) is 36.4 Å². The molecule has 0 unspecified atom stereocenters. The first kappa shape index (κ1) is 21.3. The Morgan fingerprint density at radius 2 is 1.58 bits per heavy atom. The minimum atomic E-state index is -0.303. The number of thiocarbonyl (C=S) groups is 1. The molecule has 0 aliphatic carbocycles. The van der Waals surface area contributed by atoms with Gasteiger partial charge in [-0.3, -0.25) is 4.98 Å². The van der Waals surface area contributed by atoms with Crippen LogP contribution in [0.5, 0.6) is 0 Å². The minimum Gasteiger partial charge on any atom is -0.351 e. The van der Waals surface area contributed by atoms with Crippen LogP contribution < -0.4 is 10.2 Å². The van der Waals surface area contributed by atoms with Crippen LogP contribution in [0.4, 0.5) is 10.1 Å². The Kier molecular flexibility index (Phi) is 5.46. The number of para-hydroxylation sites is 2. The molecule has 0 saturated carbocycles. The maximum atomic E-state index is 15.0. The van der Waals surface area contributed by atoms with Gasteiger partial charge in [-0.05, 0) is 75.0 Å². The van der Waals surface area contributed by atoms with E-state index in [0.717, 1.165) is 33.9 Å². The Hall–Kier alpha value is -3.51. The van der Waals surface area contributed by atoms with Crippen LogP contribution in [0.1, 0.15) is 40.3 Å². The van der Waals surface area contributed by atoms with Crippen LogP contribution in [0.2, 0.25) is 0 Å². The van der Waals surface area contributed by atoms with E-state index in [0.29, 0.717) is 10.8 Å². The lowest BCUT2D eigenvalue weighted by Gasteiger charge is -2.29. The second kappa shape index (κ2) is 8.45. The fraction of sp³-hybridized carbons (Fsp3) is 0.185. The number of rotatable bonds is 4. The molecule has 1 fully saturated rings. The number of hydrogen-bond acceptors (Lipinski definition) is 2. The van der Waals surface area contributed by atoms with E-state index in [2.05, 4.69) is 47.8 Å². The molecule has 33 heavy (non-hydrogen) atoms. The van der Waals surface area contributed by atoms with Crippen molar-refractivity contribution in [3.05, 3.63) is 113 Å². The van der Waals surface area contributed by atoms with Crippen LogP contribution >= 0.6 is 12.2 Å². The van der Waals surface area contributed by atoms with Gasteiger partial charge in [0.2, 0.25) is 0 Å². The van der Waals surface area contributed by atoms with Gasteiger partial charge in [-0.25, -0.2) is 4.39 Å². The number of hydrogen-bond donors (Lipinski definition) is 1. The van der Waals surface area contributed by atoms with Crippen molar-refractivity contribution >= 4 is 23.0 Å². The zero-order valence-corrected chi connectivity index (χ0v) is 19.6. The second-order valence-electron chi connectivity index (χ2n) is 8.33. The second-order valence-corrected chi connectivity index (χ2v) is 8.72. The molecule has 1 aliphatic heterocycles. The van der Waals surface area contributed by atoms with Gasteiger partial charge < -0.3 is 14.8 Å². The number of halogens is 1. The Balaban J connectivity index is 1.75. The van der Waals surface area contributed by atoms with Crippen molar-refractivity contribution in [3.63, 3.8) is 0 Å². The molecule has 2 aromatic carbocycles. The third kappa shape index (κ3) is 3.51.